The van der Waals surface area contributed by atoms with E-state index < -0.39 is 174 Å². The number of alkyl halides is 1. The van der Waals surface area contributed by atoms with Gasteiger partial charge in [0, 0.05) is 24.3 Å². The molecule has 4 aliphatic heterocycles. The average molecular weight is 1010 g/mol. The van der Waals surface area contributed by atoms with Crippen LogP contribution in [0.15, 0.2) is 18.2 Å². The summed E-state index contributed by atoms with van der Waals surface area (Å²) in [5.41, 5.74) is -0.0969. The molecular weight excluding hydrogens is 949 g/mol. The van der Waals surface area contributed by atoms with Crippen molar-refractivity contribution >= 4 is 17.6 Å². The fourth-order valence-corrected chi connectivity index (χ4v) is 8.00. The molecule has 9 unspecified atom stereocenters. The van der Waals surface area contributed by atoms with Crippen molar-refractivity contribution in [3.05, 3.63) is 23.8 Å². The van der Waals surface area contributed by atoms with Gasteiger partial charge in [-0.2, -0.15) is 0 Å². The Morgan fingerprint density at radius 3 is 1.60 bits per heavy atom. The molecule has 4 aliphatic rings. The lowest BCUT2D eigenvalue weighted by atomic mass is 9.95. The molecule has 398 valence electrons. The standard InChI is InChI=1S/C43H64FNO25/c1-3-5-18(12-26(50)62-10-9-61-8-4-2)39(60)45-20-6-7-21(19(11-20)13-44)63-40-33(57)29(53)36(23(15-47)65-40)69-42-35(59)31(55)38(25(17-49)67-42)70-43-34(58)30(54)37(24(16-48)66-43)68-41-32(56)28(52)27(51)22(14-46)64-41/h1,6-7,11,18,22-25,27-38,40-43,46-49,51-59H,4-5,8-10,12-17H2,2H3,(H,45,60)/t18?,22?,23?,24?,25?,27-,28+,29-,30-,31-,32?,33?,34?,35?,36+,37-,38+,40-,41-,42-,43-/m1/s1. The maximum absolute atomic E-state index is 14.4. The molecule has 14 N–H and O–H groups in total. The SMILES string of the molecule is C#CCC(CC(=O)OCCOCCC)C(=O)Nc1ccc(O[C@@H]2OC(CO)[C@H](O[C@H]3OC(CO)[C@H](O[C@H]4OC(CO)[C@@H](O[C@H]5OC(CO)[C@@H](O)[C@H](O)C5O)[C@H](O)C4O)[C@H](O)C3O)[C@H](O)C2O)c(CF)c1. The van der Waals surface area contributed by atoms with Gasteiger partial charge in [0.15, 0.2) is 18.9 Å². The minimum absolute atomic E-state index is 0.0198. The predicted octanol–water partition coefficient (Wildman–Crippen LogP) is -6.25. The van der Waals surface area contributed by atoms with Gasteiger partial charge in [0.2, 0.25) is 12.2 Å². The van der Waals surface area contributed by atoms with E-state index in [1.54, 1.807) is 0 Å². The number of halogens is 1. The van der Waals surface area contributed by atoms with E-state index in [1.807, 2.05) is 6.92 Å². The summed E-state index contributed by atoms with van der Waals surface area (Å²) in [5.74, 6) is -0.244. The Labute approximate surface area is 399 Å². The van der Waals surface area contributed by atoms with Crippen molar-refractivity contribution in [3.63, 3.8) is 0 Å². The van der Waals surface area contributed by atoms with Gasteiger partial charge in [-0.1, -0.05) is 6.92 Å². The van der Waals surface area contributed by atoms with E-state index in [2.05, 4.69) is 11.2 Å². The molecule has 0 saturated carbocycles. The van der Waals surface area contributed by atoms with Crippen molar-refractivity contribution in [1.29, 1.82) is 0 Å². The second kappa shape index (κ2) is 27.1. The first-order valence-corrected chi connectivity index (χ1v) is 22.4. The largest absolute Gasteiger partial charge is 0.463 e. The monoisotopic (exact) mass is 1010 g/mol. The highest BCUT2D eigenvalue weighted by molar-refractivity contribution is 5.95. The van der Waals surface area contributed by atoms with Gasteiger partial charge < -0.3 is 119 Å². The number of aliphatic hydroxyl groups is 13. The molecule has 0 radical (unpaired) electrons. The number of carbonyl (C=O) groups excluding carboxylic acids is 2. The van der Waals surface area contributed by atoms with E-state index >= 15 is 0 Å². The number of carbonyl (C=O) groups is 2. The van der Waals surface area contributed by atoms with Crippen molar-refractivity contribution < 1.29 is 128 Å². The number of terminal acetylenes is 1. The molecule has 27 heteroatoms. The van der Waals surface area contributed by atoms with Gasteiger partial charge in [-0.15, -0.1) is 12.3 Å². The third-order valence-electron chi connectivity index (χ3n) is 11.9. The fourth-order valence-electron chi connectivity index (χ4n) is 8.00. The lowest BCUT2D eigenvalue weighted by molar-refractivity contribution is -0.387. The molecule has 21 atom stereocenters. The molecule has 70 heavy (non-hydrogen) atoms. The number of ether oxygens (including phenoxy) is 10. The molecule has 1 aromatic rings. The van der Waals surface area contributed by atoms with Gasteiger partial charge >= 0.3 is 5.97 Å². The van der Waals surface area contributed by atoms with E-state index in [0.29, 0.717) is 6.61 Å². The normalized spacial score (nSPS) is 38.3. The number of amides is 1. The molecule has 4 saturated heterocycles. The first-order valence-electron chi connectivity index (χ1n) is 22.4. The number of esters is 1. The van der Waals surface area contributed by atoms with Gasteiger partial charge in [0.25, 0.3) is 0 Å². The molecule has 1 amide bonds. The zero-order chi connectivity index (χ0) is 51.4. The van der Waals surface area contributed by atoms with Crippen LogP contribution in [-0.4, -0.2) is 247 Å². The zero-order valence-electron chi connectivity index (χ0n) is 37.8. The average Bonchev–Trinajstić information content (AvgIpc) is 3.35. The van der Waals surface area contributed by atoms with Crippen LogP contribution in [0.4, 0.5) is 10.1 Å². The zero-order valence-corrected chi connectivity index (χ0v) is 37.8. The van der Waals surface area contributed by atoms with E-state index in [1.165, 1.54) is 18.2 Å². The molecular formula is C43H64FNO25. The van der Waals surface area contributed by atoms with Crippen molar-refractivity contribution in [2.75, 3.05) is 51.6 Å². The number of benzene rings is 1. The summed E-state index contributed by atoms with van der Waals surface area (Å²) in [4.78, 5) is 25.4. The number of rotatable bonds is 23. The van der Waals surface area contributed by atoms with Gasteiger partial charge in [0.05, 0.1) is 45.4 Å². The molecule has 1 aromatic carbocycles. The lowest BCUT2D eigenvalue weighted by Crippen LogP contribution is -2.67. The smallest absolute Gasteiger partial charge is 0.306 e. The van der Waals surface area contributed by atoms with Crippen LogP contribution in [0.5, 0.6) is 5.75 Å². The second-order valence-corrected chi connectivity index (χ2v) is 16.8. The summed E-state index contributed by atoms with van der Waals surface area (Å²) in [7, 11) is 0. The third-order valence-corrected chi connectivity index (χ3v) is 11.9. The van der Waals surface area contributed by atoms with Gasteiger partial charge in [0.1, 0.15) is 117 Å². The maximum Gasteiger partial charge on any atom is 0.306 e. The number of nitrogens with one attached hydrogen (secondary N) is 1. The van der Waals surface area contributed by atoms with Gasteiger partial charge in [-0.3, -0.25) is 9.59 Å². The molecule has 4 fully saturated rings. The van der Waals surface area contributed by atoms with Gasteiger partial charge in [-0.05, 0) is 24.6 Å². The highest BCUT2D eigenvalue weighted by Gasteiger charge is 2.55. The molecule has 5 rings (SSSR count). The topological polar surface area (TPSA) is 401 Å². The highest BCUT2D eigenvalue weighted by Crippen LogP contribution is 2.35. The maximum atomic E-state index is 14.4. The van der Waals surface area contributed by atoms with E-state index in [0.717, 1.165) is 6.42 Å². The van der Waals surface area contributed by atoms with Crippen molar-refractivity contribution in [2.24, 2.45) is 5.92 Å². The van der Waals surface area contributed by atoms with Crippen LogP contribution in [-0.2, 0) is 58.9 Å². The minimum atomic E-state index is -2.12. The number of anilines is 1. The van der Waals surface area contributed by atoms with E-state index in [9.17, 15) is 80.4 Å². The van der Waals surface area contributed by atoms with E-state index in [4.69, 9.17) is 53.8 Å². The predicted molar refractivity (Wildman–Crippen MR) is 226 cm³/mol. The Morgan fingerprint density at radius 1 is 0.657 bits per heavy atom. The fraction of sp³-hybridized carbons (Fsp3) is 0.767. The Kier molecular flexibility index (Phi) is 22.2. The summed E-state index contributed by atoms with van der Waals surface area (Å²) in [6.45, 7) is -2.28. The summed E-state index contributed by atoms with van der Waals surface area (Å²) in [5, 5.41) is 140. The number of hydrogen-bond donors (Lipinski definition) is 14. The Balaban J connectivity index is 1.19. The van der Waals surface area contributed by atoms with Crippen molar-refractivity contribution in [1.82, 2.24) is 0 Å². The van der Waals surface area contributed by atoms with Crippen LogP contribution < -0.4 is 10.1 Å². The summed E-state index contributed by atoms with van der Waals surface area (Å²) in [6.07, 6.45) is -31.2. The van der Waals surface area contributed by atoms with Crippen LogP contribution in [0.2, 0.25) is 0 Å². The van der Waals surface area contributed by atoms with Crippen LogP contribution in [0.3, 0.4) is 0 Å². The first-order chi connectivity index (χ1) is 33.5. The minimum Gasteiger partial charge on any atom is -0.463 e. The van der Waals surface area contributed by atoms with E-state index in [-0.39, 0.29) is 43.1 Å². The summed E-state index contributed by atoms with van der Waals surface area (Å²) >= 11 is 0. The van der Waals surface area contributed by atoms with Crippen LogP contribution >= 0.6 is 0 Å². The molecule has 0 aliphatic carbocycles. The molecule has 4 heterocycles. The third kappa shape index (κ3) is 13.8. The molecule has 0 aromatic heterocycles. The first kappa shape index (κ1) is 57.5. The molecule has 0 spiro atoms. The van der Waals surface area contributed by atoms with Crippen molar-refractivity contribution in [2.45, 2.75) is 156 Å². The molecule has 0 bridgehead atoms. The highest BCUT2D eigenvalue weighted by atomic mass is 19.1. The Morgan fingerprint density at radius 2 is 1.13 bits per heavy atom. The number of aliphatic hydroxyl groups excluding tert-OH is 13. The second-order valence-electron chi connectivity index (χ2n) is 16.8. The summed E-state index contributed by atoms with van der Waals surface area (Å²) < 4.78 is 69.6. The lowest BCUT2D eigenvalue weighted by Gasteiger charge is -2.49. The Bertz CT molecular complexity index is 1820. The quantitative estimate of drug-likeness (QED) is 0.0275. The van der Waals surface area contributed by atoms with Gasteiger partial charge in [-0.25, -0.2) is 4.39 Å². The van der Waals surface area contributed by atoms with Crippen LogP contribution in [0.1, 0.15) is 31.7 Å². The van der Waals surface area contributed by atoms with Crippen molar-refractivity contribution in [3.8, 4) is 18.1 Å². The number of hydrogen-bond acceptors (Lipinski definition) is 25. The summed E-state index contributed by atoms with van der Waals surface area (Å²) in [6, 6.07) is 3.71. The molecule has 26 nitrogen and oxygen atoms in total. The Hall–Kier alpha value is -3.39. The van der Waals surface area contributed by atoms with Crippen LogP contribution in [0.25, 0.3) is 0 Å². The van der Waals surface area contributed by atoms with Crippen LogP contribution in [0, 0.1) is 18.3 Å².